The van der Waals surface area contributed by atoms with E-state index in [1.807, 2.05) is 0 Å². The number of nitrogens with zero attached hydrogens (tertiary/aromatic N) is 2. The second-order valence-electron chi connectivity index (χ2n) is 4.37. The van der Waals surface area contributed by atoms with Crippen molar-refractivity contribution in [3.8, 4) is 5.75 Å². The van der Waals surface area contributed by atoms with Crippen molar-refractivity contribution >= 4 is 26.9 Å². The van der Waals surface area contributed by atoms with E-state index in [1.165, 1.54) is 10.0 Å². The number of benzene rings is 1. The Morgan fingerprint density at radius 2 is 2.25 bits per heavy atom. The Balaban J connectivity index is 2.13. The van der Waals surface area contributed by atoms with Gasteiger partial charge in [0, 0.05) is 0 Å². The van der Waals surface area contributed by atoms with Crippen LogP contribution in [0.25, 0.3) is 0 Å². The molecule has 3 nitrogen and oxygen atoms in total. The van der Waals surface area contributed by atoms with Gasteiger partial charge in [0.05, 0.1) is 0 Å². The standard InChI is InChI=1S/C12H19AsN2O/c1-14(2)5-6-15-7-8-16-12-9-10(13)3-4-11(12)15/h3-4,9H,5-8,13H2,1-2H3. The summed E-state index contributed by atoms with van der Waals surface area (Å²) in [6.07, 6.45) is 0. The summed E-state index contributed by atoms with van der Waals surface area (Å²) in [6.45, 7) is 3.95. The Bertz CT molecular complexity index is 368. The fourth-order valence-corrected chi connectivity index (χ4v) is 2.37. The second kappa shape index (κ2) is 5.11. The normalized spacial score (nSPS) is 14.9. The minimum atomic E-state index is 0.802. The summed E-state index contributed by atoms with van der Waals surface area (Å²) in [6, 6.07) is 6.51. The van der Waals surface area contributed by atoms with Crippen molar-refractivity contribution in [3.05, 3.63) is 18.2 Å². The van der Waals surface area contributed by atoms with Crippen LogP contribution in [0.2, 0.25) is 0 Å². The molecule has 0 fully saturated rings. The molecule has 4 heteroatoms. The van der Waals surface area contributed by atoms with E-state index in [0.717, 1.165) is 32.0 Å². The fourth-order valence-electron chi connectivity index (χ4n) is 1.85. The maximum atomic E-state index is 5.70. The molecule has 88 valence electrons. The fraction of sp³-hybridized carbons (Fsp3) is 0.500. The van der Waals surface area contributed by atoms with Gasteiger partial charge in [0.1, 0.15) is 0 Å². The van der Waals surface area contributed by atoms with E-state index in [2.05, 4.69) is 42.1 Å². The number of hydrogen-bond acceptors (Lipinski definition) is 3. The average Bonchev–Trinajstić information content (AvgIpc) is 2.25. The first-order valence-corrected chi connectivity index (χ1v) is 6.80. The zero-order chi connectivity index (χ0) is 11.5. The predicted molar refractivity (Wildman–Crippen MR) is 70.9 cm³/mol. The van der Waals surface area contributed by atoms with Gasteiger partial charge in [-0.1, -0.05) is 0 Å². The summed E-state index contributed by atoms with van der Waals surface area (Å²) in [7, 11) is 4.22. The third-order valence-corrected chi connectivity index (χ3v) is 3.51. The molecule has 0 saturated heterocycles. The van der Waals surface area contributed by atoms with Gasteiger partial charge in [-0.15, -0.1) is 0 Å². The molecular weight excluding hydrogens is 263 g/mol. The van der Waals surface area contributed by atoms with E-state index < -0.39 is 0 Å². The second-order valence-corrected chi connectivity index (χ2v) is 5.76. The number of anilines is 1. The van der Waals surface area contributed by atoms with E-state index in [9.17, 15) is 0 Å². The van der Waals surface area contributed by atoms with Crippen molar-refractivity contribution in [2.75, 3.05) is 45.2 Å². The van der Waals surface area contributed by atoms with Crippen LogP contribution in [0.5, 0.6) is 5.75 Å². The molecule has 1 aromatic rings. The molecule has 1 heterocycles. The van der Waals surface area contributed by atoms with Crippen molar-refractivity contribution in [2.45, 2.75) is 0 Å². The molecule has 1 atom stereocenters. The summed E-state index contributed by atoms with van der Waals surface area (Å²) < 4.78 is 7.02. The molecule has 0 bridgehead atoms. The van der Waals surface area contributed by atoms with Crippen LogP contribution >= 0.6 is 0 Å². The van der Waals surface area contributed by atoms with Gasteiger partial charge in [-0.2, -0.15) is 0 Å². The van der Waals surface area contributed by atoms with Crippen LogP contribution in [0.1, 0.15) is 0 Å². The molecule has 16 heavy (non-hydrogen) atoms. The van der Waals surface area contributed by atoms with Crippen molar-refractivity contribution in [3.63, 3.8) is 0 Å². The van der Waals surface area contributed by atoms with Gasteiger partial charge in [0.15, 0.2) is 0 Å². The Kier molecular flexibility index (Phi) is 3.77. The topological polar surface area (TPSA) is 15.7 Å². The number of rotatable bonds is 3. The minimum absolute atomic E-state index is 0.802. The third-order valence-electron chi connectivity index (χ3n) is 2.76. The molecule has 0 spiro atoms. The van der Waals surface area contributed by atoms with Crippen molar-refractivity contribution in [1.82, 2.24) is 4.90 Å². The molecular formula is C12H19AsN2O. The zero-order valence-corrected chi connectivity index (χ0v) is 12.4. The number of ether oxygens (including phenoxy) is 1. The Morgan fingerprint density at radius 3 is 3.00 bits per heavy atom. The maximum absolute atomic E-state index is 5.70. The van der Waals surface area contributed by atoms with Crippen molar-refractivity contribution in [2.24, 2.45) is 0 Å². The van der Waals surface area contributed by atoms with Crippen LogP contribution < -0.4 is 14.0 Å². The monoisotopic (exact) mass is 282 g/mol. The molecule has 2 rings (SSSR count). The van der Waals surface area contributed by atoms with Gasteiger partial charge < -0.3 is 0 Å². The Hall–Kier alpha value is -0.662. The quantitative estimate of drug-likeness (QED) is 0.708. The summed E-state index contributed by atoms with van der Waals surface area (Å²) in [4.78, 5) is 4.62. The van der Waals surface area contributed by atoms with E-state index in [-0.39, 0.29) is 0 Å². The molecule has 0 N–H and O–H groups in total. The molecule has 1 aliphatic rings. The van der Waals surface area contributed by atoms with Crippen LogP contribution in [0.3, 0.4) is 0 Å². The number of fused-ring (bicyclic) bond motifs is 1. The van der Waals surface area contributed by atoms with Crippen LogP contribution in [0.4, 0.5) is 5.69 Å². The molecule has 0 saturated carbocycles. The van der Waals surface area contributed by atoms with Crippen LogP contribution in [-0.4, -0.2) is 62.1 Å². The molecule has 0 aliphatic carbocycles. The first kappa shape index (κ1) is 11.8. The average molecular weight is 282 g/mol. The Morgan fingerprint density at radius 1 is 1.44 bits per heavy atom. The summed E-state index contributed by atoms with van der Waals surface area (Å²) in [5, 5.41) is 0. The molecule has 0 radical (unpaired) electrons. The van der Waals surface area contributed by atoms with Gasteiger partial charge >= 0.3 is 106 Å². The van der Waals surface area contributed by atoms with E-state index in [1.54, 1.807) is 16.9 Å². The SMILES string of the molecule is CN(C)CCN1CCOc2cc([AsH2])ccc21. The van der Waals surface area contributed by atoms with Crippen LogP contribution in [0, 0.1) is 0 Å². The van der Waals surface area contributed by atoms with E-state index in [0.29, 0.717) is 0 Å². The molecule has 0 aromatic heterocycles. The first-order chi connectivity index (χ1) is 7.66. The van der Waals surface area contributed by atoms with Gasteiger partial charge in [0.25, 0.3) is 0 Å². The third kappa shape index (κ3) is 2.72. The summed E-state index contributed by atoms with van der Waals surface area (Å²) in [5.74, 6) is 1.05. The van der Waals surface area contributed by atoms with Crippen molar-refractivity contribution in [1.29, 1.82) is 0 Å². The van der Waals surface area contributed by atoms with Gasteiger partial charge in [-0.25, -0.2) is 0 Å². The summed E-state index contributed by atoms with van der Waals surface area (Å²) in [5.41, 5.74) is 1.24. The van der Waals surface area contributed by atoms with E-state index in [4.69, 9.17) is 4.74 Å². The van der Waals surface area contributed by atoms with Gasteiger partial charge in [-0.3, -0.25) is 0 Å². The van der Waals surface area contributed by atoms with Crippen molar-refractivity contribution < 1.29 is 4.74 Å². The van der Waals surface area contributed by atoms with Crippen LogP contribution in [0.15, 0.2) is 18.2 Å². The van der Waals surface area contributed by atoms with Gasteiger partial charge in [-0.05, 0) is 0 Å². The molecule has 0 amide bonds. The molecule has 1 aliphatic heterocycles. The Labute approximate surface area is 106 Å². The predicted octanol–water partition coefficient (Wildman–Crippen LogP) is -0.295. The van der Waals surface area contributed by atoms with Crippen LogP contribution in [-0.2, 0) is 0 Å². The van der Waals surface area contributed by atoms with E-state index >= 15 is 0 Å². The first-order valence-electron chi connectivity index (χ1n) is 5.59. The number of likely N-dealkylation sites (N-methyl/N-ethyl adjacent to an activating group) is 1. The number of hydrogen-bond donors (Lipinski definition) is 0. The van der Waals surface area contributed by atoms with Gasteiger partial charge in [0.2, 0.25) is 0 Å². The molecule has 1 aromatic carbocycles. The summed E-state index contributed by atoms with van der Waals surface area (Å²) >= 11 is 1.64. The molecule has 1 unspecified atom stereocenters. The zero-order valence-electron chi connectivity index (χ0n) is 9.94.